The minimum atomic E-state index is -0.198. The molecule has 0 aliphatic carbocycles. The summed E-state index contributed by atoms with van der Waals surface area (Å²) in [5, 5.41) is 4.25. The molecule has 1 N–H and O–H groups in total. The fraction of sp³-hybridized carbons (Fsp3) is 0.250. The lowest BCUT2D eigenvalue weighted by atomic mass is 10.1. The fourth-order valence-electron chi connectivity index (χ4n) is 4.16. The molecule has 0 bridgehead atoms. The van der Waals surface area contributed by atoms with Crippen LogP contribution in [0.5, 0.6) is 0 Å². The summed E-state index contributed by atoms with van der Waals surface area (Å²) in [5.41, 5.74) is 4.12. The lowest BCUT2D eigenvalue weighted by Crippen LogP contribution is -2.33. The van der Waals surface area contributed by atoms with Gasteiger partial charge in [-0.05, 0) is 49.4 Å². The van der Waals surface area contributed by atoms with Crippen molar-refractivity contribution in [1.29, 1.82) is 0 Å². The highest BCUT2D eigenvalue weighted by Crippen LogP contribution is 2.24. The largest absolute Gasteiger partial charge is 0.354 e. The normalized spacial score (nSPS) is 12.1. The third-order valence-corrected chi connectivity index (χ3v) is 5.91. The molecule has 0 spiro atoms. The van der Waals surface area contributed by atoms with E-state index in [-0.39, 0.29) is 17.8 Å². The predicted octanol–water partition coefficient (Wildman–Crippen LogP) is 5.90. The number of aryl methyl sites for hydroxylation is 2. The van der Waals surface area contributed by atoms with E-state index >= 15 is 0 Å². The maximum absolute atomic E-state index is 14.2. The van der Waals surface area contributed by atoms with Gasteiger partial charge in [-0.1, -0.05) is 66.7 Å². The average Bonchev–Trinajstić information content (AvgIpc) is 3.16. The Labute approximate surface area is 188 Å². The highest BCUT2D eigenvalue weighted by molar-refractivity contribution is 5.85. The van der Waals surface area contributed by atoms with Gasteiger partial charge in [-0.3, -0.25) is 4.79 Å². The van der Waals surface area contributed by atoms with E-state index in [1.807, 2.05) is 48.5 Å². The third-order valence-electron chi connectivity index (χ3n) is 5.91. The topological polar surface area (TPSA) is 34.0 Å². The quantitative estimate of drug-likeness (QED) is 0.354. The Hall–Kier alpha value is -3.40. The van der Waals surface area contributed by atoms with Gasteiger partial charge in [0.1, 0.15) is 5.82 Å². The summed E-state index contributed by atoms with van der Waals surface area (Å²) < 4.78 is 16.2. The van der Waals surface area contributed by atoms with Gasteiger partial charge in [0, 0.05) is 35.1 Å². The maximum atomic E-state index is 14.2. The Bertz CT molecular complexity index is 1180. The second kappa shape index (κ2) is 10.3. The Morgan fingerprint density at radius 3 is 2.44 bits per heavy atom. The van der Waals surface area contributed by atoms with Crippen LogP contribution >= 0.6 is 0 Å². The van der Waals surface area contributed by atoms with Crippen molar-refractivity contribution in [2.45, 2.75) is 45.2 Å². The maximum Gasteiger partial charge on any atom is 0.220 e. The van der Waals surface area contributed by atoms with Gasteiger partial charge in [-0.15, -0.1) is 0 Å². The van der Waals surface area contributed by atoms with E-state index in [0.717, 1.165) is 29.3 Å². The molecule has 0 fully saturated rings. The minimum absolute atomic E-state index is 0.0662. The molecule has 0 saturated carbocycles. The zero-order chi connectivity index (χ0) is 22.3. The molecule has 4 heteroatoms. The first kappa shape index (κ1) is 21.8. The number of hydrogen-bond donors (Lipinski definition) is 1. The monoisotopic (exact) mass is 428 g/mol. The first-order valence-corrected chi connectivity index (χ1v) is 11.2. The number of nitrogens with one attached hydrogen (secondary N) is 1. The number of hydrogen-bond acceptors (Lipinski definition) is 1. The molecule has 1 heterocycles. The van der Waals surface area contributed by atoms with Crippen LogP contribution in [0.15, 0.2) is 85.1 Å². The number of aromatic nitrogens is 1. The number of carbonyl (C=O) groups is 1. The summed E-state index contributed by atoms with van der Waals surface area (Å²) in [6, 6.07) is 25.4. The van der Waals surface area contributed by atoms with Crippen molar-refractivity contribution in [2.75, 3.05) is 0 Å². The van der Waals surface area contributed by atoms with Gasteiger partial charge >= 0.3 is 0 Å². The molecule has 0 saturated heterocycles. The molecular weight excluding hydrogens is 399 g/mol. The van der Waals surface area contributed by atoms with Crippen molar-refractivity contribution in [1.82, 2.24) is 9.88 Å². The molecule has 3 aromatic carbocycles. The van der Waals surface area contributed by atoms with Crippen molar-refractivity contribution in [3.8, 4) is 0 Å². The van der Waals surface area contributed by atoms with E-state index in [9.17, 15) is 9.18 Å². The number of amides is 1. The second-order valence-corrected chi connectivity index (χ2v) is 8.38. The van der Waals surface area contributed by atoms with Crippen molar-refractivity contribution in [3.63, 3.8) is 0 Å². The first-order valence-electron chi connectivity index (χ1n) is 11.2. The number of nitrogens with zero attached hydrogens (tertiary/aromatic N) is 1. The lowest BCUT2D eigenvalue weighted by molar-refractivity contribution is -0.121. The summed E-state index contributed by atoms with van der Waals surface area (Å²) in [6.45, 7) is 2.52. The van der Waals surface area contributed by atoms with Crippen LogP contribution in [-0.2, 0) is 24.2 Å². The molecule has 4 rings (SSSR count). The van der Waals surface area contributed by atoms with E-state index in [1.165, 1.54) is 11.6 Å². The summed E-state index contributed by atoms with van der Waals surface area (Å²) in [5.74, 6) is -0.132. The van der Waals surface area contributed by atoms with Gasteiger partial charge < -0.3 is 9.88 Å². The van der Waals surface area contributed by atoms with Gasteiger partial charge in [0.05, 0.1) is 6.54 Å². The van der Waals surface area contributed by atoms with Crippen LogP contribution in [0, 0.1) is 5.82 Å². The van der Waals surface area contributed by atoms with Gasteiger partial charge in [0.15, 0.2) is 0 Å². The molecular formula is C28H29FN2O. The van der Waals surface area contributed by atoms with Crippen LogP contribution < -0.4 is 5.32 Å². The molecule has 0 unspecified atom stereocenters. The second-order valence-electron chi connectivity index (χ2n) is 8.38. The minimum Gasteiger partial charge on any atom is -0.354 e. The zero-order valence-corrected chi connectivity index (χ0v) is 18.4. The fourth-order valence-corrected chi connectivity index (χ4v) is 4.16. The smallest absolute Gasteiger partial charge is 0.220 e. The highest BCUT2D eigenvalue weighted by Gasteiger charge is 2.13. The summed E-state index contributed by atoms with van der Waals surface area (Å²) in [4.78, 5) is 12.5. The van der Waals surface area contributed by atoms with E-state index in [1.54, 1.807) is 6.07 Å². The molecule has 1 atom stereocenters. The summed E-state index contributed by atoms with van der Waals surface area (Å²) in [7, 11) is 0. The molecule has 0 aliphatic rings. The number of halogens is 1. The number of para-hydroxylation sites is 1. The third kappa shape index (κ3) is 5.44. The lowest BCUT2D eigenvalue weighted by Gasteiger charge is -2.14. The van der Waals surface area contributed by atoms with Crippen LogP contribution in [0.4, 0.5) is 4.39 Å². The number of rotatable bonds is 9. The van der Waals surface area contributed by atoms with Crippen molar-refractivity contribution in [3.05, 3.63) is 108 Å². The number of fused-ring (bicyclic) bond motifs is 1. The van der Waals surface area contributed by atoms with Crippen LogP contribution in [0.1, 0.15) is 36.5 Å². The van der Waals surface area contributed by atoms with Gasteiger partial charge in [-0.25, -0.2) is 4.39 Å². The molecule has 1 amide bonds. The van der Waals surface area contributed by atoms with E-state index in [2.05, 4.69) is 41.2 Å². The SMILES string of the molecule is C[C@H](CCc1ccccc1)NC(=O)CCc1cn(Cc2ccccc2F)c2ccccc12. The zero-order valence-electron chi connectivity index (χ0n) is 18.4. The van der Waals surface area contributed by atoms with E-state index in [0.29, 0.717) is 24.9 Å². The summed E-state index contributed by atoms with van der Waals surface area (Å²) >= 11 is 0. The molecule has 3 nitrogen and oxygen atoms in total. The molecule has 0 aliphatic heterocycles. The highest BCUT2D eigenvalue weighted by atomic mass is 19.1. The van der Waals surface area contributed by atoms with Crippen LogP contribution in [0.25, 0.3) is 10.9 Å². The van der Waals surface area contributed by atoms with Crippen LogP contribution in [0.2, 0.25) is 0 Å². The first-order chi connectivity index (χ1) is 15.6. The van der Waals surface area contributed by atoms with Crippen molar-refractivity contribution in [2.24, 2.45) is 0 Å². The number of benzene rings is 3. The molecule has 4 aromatic rings. The molecule has 164 valence electrons. The Morgan fingerprint density at radius 1 is 0.906 bits per heavy atom. The standard InChI is InChI=1S/C28H29FN2O/c1-21(15-16-22-9-3-2-4-10-22)30-28(32)18-17-23-19-31(27-14-8-6-12-25(23)27)20-24-11-5-7-13-26(24)29/h2-14,19,21H,15-18,20H2,1H3,(H,30,32)/t21-/m1/s1. The average molecular weight is 429 g/mol. The molecule has 32 heavy (non-hydrogen) atoms. The number of carbonyl (C=O) groups excluding carboxylic acids is 1. The van der Waals surface area contributed by atoms with Gasteiger partial charge in [-0.2, -0.15) is 0 Å². The van der Waals surface area contributed by atoms with Crippen LogP contribution in [0.3, 0.4) is 0 Å². The predicted molar refractivity (Wildman–Crippen MR) is 128 cm³/mol. The van der Waals surface area contributed by atoms with Gasteiger partial charge in [0.2, 0.25) is 5.91 Å². The van der Waals surface area contributed by atoms with E-state index in [4.69, 9.17) is 0 Å². The Kier molecular flexibility index (Phi) is 7.00. The molecule has 1 aromatic heterocycles. The van der Waals surface area contributed by atoms with E-state index < -0.39 is 0 Å². The van der Waals surface area contributed by atoms with Gasteiger partial charge in [0.25, 0.3) is 0 Å². The van der Waals surface area contributed by atoms with Crippen LogP contribution in [-0.4, -0.2) is 16.5 Å². The summed E-state index contributed by atoms with van der Waals surface area (Å²) in [6.07, 6.45) is 5.01. The molecule has 0 radical (unpaired) electrons. The Morgan fingerprint density at radius 2 is 1.62 bits per heavy atom. The van der Waals surface area contributed by atoms with Crippen molar-refractivity contribution >= 4 is 16.8 Å². The Balaban J connectivity index is 1.37. The van der Waals surface area contributed by atoms with Crippen molar-refractivity contribution < 1.29 is 9.18 Å².